The second kappa shape index (κ2) is 9.70. The van der Waals surface area contributed by atoms with Gasteiger partial charge in [-0.25, -0.2) is 0 Å². The molecule has 1 aromatic carbocycles. The van der Waals surface area contributed by atoms with Gasteiger partial charge in [0.2, 0.25) is 0 Å². The second-order valence-electron chi connectivity index (χ2n) is 8.33. The third-order valence-corrected chi connectivity index (χ3v) is 6.89. The number of amides is 1. The van der Waals surface area contributed by atoms with Crippen LogP contribution in [0.25, 0.3) is 0 Å². The highest BCUT2D eigenvalue weighted by molar-refractivity contribution is 7.80. The van der Waals surface area contributed by atoms with Gasteiger partial charge in [0.05, 0.1) is 13.1 Å². The van der Waals surface area contributed by atoms with Crippen molar-refractivity contribution in [2.24, 2.45) is 5.73 Å². The molecule has 0 aliphatic carbocycles. The average Bonchev–Trinajstić information content (AvgIpc) is 2.73. The fraction of sp³-hybridized carbons (Fsp3) is 0.636. The van der Waals surface area contributed by atoms with Crippen molar-refractivity contribution in [1.82, 2.24) is 4.90 Å². The maximum Gasteiger partial charge on any atom is 0.278 e. The fourth-order valence-electron chi connectivity index (χ4n) is 4.66. The Labute approximate surface area is 174 Å². The molecule has 2 aliphatic heterocycles. The predicted octanol–water partition coefficient (Wildman–Crippen LogP) is 2.11. The summed E-state index contributed by atoms with van der Waals surface area (Å²) in [4.78, 5) is 16.0. The monoisotopic (exact) mass is 403 g/mol. The number of unbranched alkanes of at least 4 members (excludes halogenated alkanes) is 1. The van der Waals surface area contributed by atoms with Gasteiger partial charge in [-0.05, 0) is 62.0 Å². The highest BCUT2D eigenvalue weighted by atomic mass is 32.1. The summed E-state index contributed by atoms with van der Waals surface area (Å²) in [5.74, 6) is -0.134. The summed E-state index contributed by atoms with van der Waals surface area (Å²) in [5, 5.41) is 4.11. The van der Waals surface area contributed by atoms with Crippen LogP contribution in [0.2, 0.25) is 0 Å². The molecule has 0 saturated carbocycles. The number of hydrogen-bond acceptors (Lipinski definition) is 2. The van der Waals surface area contributed by atoms with E-state index < -0.39 is 5.54 Å². The zero-order valence-electron chi connectivity index (χ0n) is 17.1. The zero-order valence-corrected chi connectivity index (χ0v) is 18.0. The van der Waals surface area contributed by atoms with E-state index in [1.54, 1.807) is 0 Å². The van der Waals surface area contributed by atoms with E-state index in [2.05, 4.69) is 41.4 Å². The predicted molar refractivity (Wildman–Crippen MR) is 119 cm³/mol. The third kappa shape index (κ3) is 4.84. The molecule has 1 aromatic rings. The van der Waals surface area contributed by atoms with Gasteiger partial charge in [0.25, 0.3) is 5.91 Å². The first-order chi connectivity index (χ1) is 13.5. The number of nitrogens with one attached hydrogen (secondary N) is 2. The van der Waals surface area contributed by atoms with Crippen molar-refractivity contribution in [1.29, 1.82) is 0 Å². The average molecular weight is 404 g/mol. The van der Waals surface area contributed by atoms with Crippen LogP contribution in [0.5, 0.6) is 0 Å². The summed E-state index contributed by atoms with van der Waals surface area (Å²) in [6.45, 7) is 5.92. The van der Waals surface area contributed by atoms with Gasteiger partial charge in [-0.2, -0.15) is 0 Å². The summed E-state index contributed by atoms with van der Waals surface area (Å²) in [6.07, 6.45) is 8.80. The van der Waals surface area contributed by atoms with Crippen molar-refractivity contribution < 1.29 is 9.69 Å². The lowest BCUT2D eigenvalue weighted by molar-refractivity contribution is -0.948. The van der Waals surface area contributed by atoms with Gasteiger partial charge < -0.3 is 20.9 Å². The van der Waals surface area contributed by atoms with Crippen LogP contribution in [-0.4, -0.2) is 47.6 Å². The Kier molecular flexibility index (Phi) is 7.30. The van der Waals surface area contributed by atoms with E-state index in [0.717, 1.165) is 56.2 Å². The smallest absolute Gasteiger partial charge is 0.278 e. The topological polar surface area (TPSA) is 62.8 Å². The Morgan fingerprint density at radius 1 is 1.18 bits per heavy atom. The van der Waals surface area contributed by atoms with E-state index in [0.29, 0.717) is 0 Å². The number of nitrogens with zero attached hydrogens (tertiary/aromatic N) is 1. The van der Waals surface area contributed by atoms with Gasteiger partial charge >= 0.3 is 0 Å². The lowest BCUT2D eigenvalue weighted by Gasteiger charge is -2.45. The number of carbonyl (C=O) groups excluding carboxylic acids is 1. The Balaban J connectivity index is 1.56. The van der Waals surface area contributed by atoms with Crippen LogP contribution in [-0.2, 0) is 11.2 Å². The molecule has 0 bridgehead atoms. The number of hydrogen-bond donors (Lipinski definition) is 3. The lowest BCUT2D eigenvalue weighted by Crippen LogP contribution is -3.22. The maximum atomic E-state index is 12.4. The Morgan fingerprint density at radius 3 is 2.39 bits per heavy atom. The van der Waals surface area contributed by atoms with E-state index in [1.807, 2.05) is 0 Å². The molecule has 2 saturated heterocycles. The van der Waals surface area contributed by atoms with Crippen LogP contribution >= 0.6 is 12.2 Å². The van der Waals surface area contributed by atoms with Crippen LogP contribution in [0.4, 0.5) is 5.69 Å². The molecule has 2 fully saturated rings. The van der Waals surface area contributed by atoms with E-state index in [4.69, 9.17) is 18.0 Å². The Morgan fingerprint density at radius 2 is 1.82 bits per heavy atom. The first-order valence-corrected chi connectivity index (χ1v) is 11.3. The molecule has 0 aromatic heterocycles. The van der Waals surface area contributed by atoms with E-state index >= 15 is 0 Å². The molecule has 0 radical (unpaired) electrons. The molecule has 0 unspecified atom stereocenters. The summed E-state index contributed by atoms with van der Waals surface area (Å²) in [6, 6.07) is 8.56. The number of piperidine rings is 2. The van der Waals surface area contributed by atoms with Crippen LogP contribution in [0.3, 0.4) is 0 Å². The number of benzene rings is 1. The molecule has 3 rings (SSSR count). The molecular formula is C22H35N4OS+. The number of carbonyl (C=O) groups is 1. The fourth-order valence-corrected chi connectivity index (χ4v) is 4.96. The highest BCUT2D eigenvalue weighted by Gasteiger charge is 2.49. The van der Waals surface area contributed by atoms with Crippen molar-refractivity contribution in [3.63, 3.8) is 0 Å². The van der Waals surface area contributed by atoms with E-state index in [9.17, 15) is 4.79 Å². The minimum absolute atomic E-state index is 0.134. The minimum atomic E-state index is -0.409. The highest BCUT2D eigenvalue weighted by Crippen LogP contribution is 2.22. The van der Waals surface area contributed by atoms with Gasteiger partial charge in [-0.1, -0.05) is 25.5 Å². The first-order valence-electron chi connectivity index (χ1n) is 10.8. The van der Waals surface area contributed by atoms with Gasteiger partial charge in [-0.15, -0.1) is 0 Å². The number of aryl methyl sites for hydroxylation is 1. The molecule has 0 atom stereocenters. The number of thiocarbonyl (C=S) groups is 1. The van der Waals surface area contributed by atoms with Crippen LogP contribution in [0.1, 0.15) is 57.4 Å². The normalized spacial score (nSPS) is 20.0. The molecule has 28 heavy (non-hydrogen) atoms. The molecule has 4 N–H and O–H groups in total. The molecule has 0 spiro atoms. The SMILES string of the molecule is CCCCc1ccc(NC(=S)N2CCC(C(N)=O)([NH+]3CCCCC3)CC2)cc1. The molecule has 6 heteroatoms. The maximum absolute atomic E-state index is 12.4. The van der Waals surface area contributed by atoms with Gasteiger partial charge in [0.15, 0.2) is 10.7 Å². The number of likely N-dealkylation sites (tertiary alicyclic amines) is 2. The quantitative estimate of drug-likeness (QED) is 0.637. The van der Waals surface area contributed by atoms with Gasteiger partial charge in [0.1, 0.15) is 0 Å². The molecule has 154 valence electrons. The number of rotatable bonds is 6. The summed E-state index contributed by atoms with van der Waals surface area (Å²) in [5.41, 5.74) is 7.89. The second-order valence-corrected chi connectivity index (χ2v) is 8.71. The van der Waals surface area contributed by atoms with Crippen molar-refractivity contribution in [2.45, 2.75) is 63.8 Å². The minimum Gasteiger partial charge on any atom is -0.364 e. The zero-order chi connectivity index (χ0) is 20.0. The Bertz CT molecular complexity index is 662. The molecule has 5 nitrogen and oxygen atoms in total. The van der Waals surface area contributed by atoms with Crippen LogP contribution in [0.15, 0.2) is 24.3 Å². The summed E-state index contributed by atoms with van der Waals surface area (Å²) >= 11 is 5.65. The van der Waals surface area contributed by atoms with Crippen LogP contribution in [0, 0.1) is 0 Å². The summed E-state index contributed by atoms with van der Waals surface area (Å²) < 4.78 is 0. The number of anilines is 1. The number of primary amides is 1. The molecule has 2 aliphatic rings. The van der Waals surface area contributed by atoms with Crippen molar-refractivity contribution in [3.8, 4) is 0 Å². The lowest BCUT2D eigenvalue weighted by atomic mass is 9.83. The molecular weight excluding hydrogens is 368 g/mol. The van der Waals surface area contributed by atoms with E-state index in [1.165, 1.54) is 42.6 Å². The van der Waals surface area contributed by atoms with E-state index in [-0.39, 0.29) is 5.91 Å². The largest absolute Gasteiger partial charge is 0.364 e. The van der Waals surface area contributed by atoms with Crippen molar-refractivity contribution in [3.05, 3.63) is 29.8 Å². The van der Waals surface area contributed by atoms with Crippen LogP contribution < -0.4 is 16.0 Å². The standard InChI is InChI=1S/C22H34N4OS/c1-2-3-7-18-8-10-19(11-9-18)24-21(28)25-16-12-22(13-17-25,20(23)27)26-14-5-4-6-15-26/h8-11H,2-7,12-17H2,1H3,(H2,23,27)(H,24,28)/p+1. The number of nitrogens with two attached hydrogens (primary N) is 1. The molecule has 1 amide bonds. The number of quaternary nitrogens is 1. The van der Waals surface area contributed by atoms with Gasteiger partial charge in [0, 0.05) is 31.6 Å². The van der Waals surface area contributed by atoms with Crippen molar-refractivity contribution in [2.75, 3.05) is 31.5 Å². The third-order valence-electron chi connectivity index (χ3n) is 6.53. The Hall–Kier alpha value is -1.66. The molecule has 2 heterocycles. The van der Waals surface area contributed by atoms with Gasteiger partial charge in [-0.3, -0.25) is 4.79 Å². The first kappa shape index (κ1) is 21.1. The summed E-state index contributed by atoms with van der Waals surface area (Å²) in [7, 11) is 0. The van der Waals surface area contributed by atoms with Crippen molar-refractivity contribution >= 4 is 28.9 Å².